The van der Waals surface area contributed by atoms with Gasteiger partial charge in [0, 0.05) is 24.3 Å². The summed E-state index contributed by atoms with van der Waals surface area (Å²) in [6.07, 6.45) is 0.863. The molecule has 0 aliphatic rings. The highest BCUT2D eigenvalue weighted by Gasteiger charge is 2.04. The maximum Gasteiger partial charge on any atom is 0.210 e. The van der Waals surface area contributed by atoms with Gasteiger partial charge >= 0.3 is 0 Å². The van der Waals surface area contributed by atoms with Gasteiger partial charge in [0.05, 0.1) is 0 Å². The Morgan fingerprint density at radius 1 is 0.909 bits per heavy atom. The number of anilines is 3. The number of rotatable bonds is 6. The number of para-hydroxylation sites is 1. The Kier molecular flexibility index (Phi) is 4.65. The summed E-state index contributed by atoms with van der Waals surface area (Å²) in [6, 6.07) is 18.4. The van der Waals surface area contributed by atoms with Gasteiger partial charge in [-0.05, 0) is 31.2 Å². The van der Waals surface area contributed by atoms with Crippen LogP contribution in [0.25, 0.3) is 0 Å². The van der Waals surface area contributed by atoms with Gasteiger partial charge in [0.15, 0.2) is 0 Å². The van der Waals surface area contributed by atoms with Crippen LogP contribution in [0.5, 0.6) is 0 Å². The van der Waals surface area contributed by atoms with Crippen molar-refractivity contribution in [2.45, 2.75) is 13.3 Å². The molecule has 5 heteroatoms. The van der Waals surface area contributed by atoms with Gasteiger partial charge in [-0.1, -0.05) is 47.2 Å². The van der Waals surface area contributed by atoms with Crippen LogP contribution in [0.1, 0.15) is 10.6 Å². The number of benzene rings is 2. The van der Waals surface area contributed by atoms with Gasteiger partial charge in [-0.15, -0.1) is 10.2 Å². The molecule has 0 saturated carbocycles. The van der Waals surface area contributed by atoms with Crippen molar-refractivity contribution in [1.82, 2.24) is 10.2 Å². The molecule has 0 spiro atoms. The van der Waals surface area contributed by atoms with Crippen molar-refractivity contribution in [3.8, 4) is 0 Å². The van der Waals surface area contributed by atoms with Crippen molar-refractivity contribution in [3.63, 3.8) is 0 Å². The third kappa shape index (κ3) is 4.05. The van der Waals surface area contributed by atoms with E-state index in [4.69, 9.17) is 0 Å². The summed E-state index contributed by atoms with van der Waals surface area (Å²) in [5, 5.41) is 16.9. The van der Waals surface area contributed by atoms with Crippen molar-refractivity contribution in [2.24, 2.45) is 0 Å². The molecule has 0 aliphatic heterocycles. The molecule has 1 heterocycles. The first kappa shape index (κ1) is 14.5. The van der Waals surface area contributed by atoms with Crippen molar-refractivity contribution < 1.29 is 0 Å². The molecule has 3 aromatic rings. The van der Waals surface area contributed by atoms with Gasteiger partial charge in [0.2, 0.25) is 5.13 Å². The SMILES string of the molecule is Cc1ccc(NCCc2nnc(Nc3ccccc3)s2)cc1. The van der Waals surface area contributed by atoms with E-state index in [2.05, 4.69) is 52.0 Å². The van der Waals surface area contributed by atoms with Crippen molar-refractivity contribution in [3.05, 3.63) is 65.2 Å². The lowest BCUT2D eigenvalue weighted by atomic mass is 10.2. The molecular weight excluding hydrogens is 292 g/mol. The van der Waals surface area contributed by atoms with Crippen LogP contribution < -0.4 is 10.6 Å². The normalized spacial score (nSPS) is 10.4. The van der Waals surface area contributed by atoms with Crippen LogP contribution in [-0.2, 0) is 6.42 Å². The summed E-state index contributed by atoms with van der Waals surface area (Å²) in [4.78, 5) is 0. The van der Waals surface area contributed by atoms with E-state index in [-0.39, 0.29) is 0 Å². The molecule has 4 nitrogen and oxygen atoms in total. The molecule has 0 fully saturated rings. The van der Waals surface area contributed by atoms with E-state index in [1.807, 2.05) is 30.3 Å². The average molecular weight is 310 g/mol. The molecular formula is C17H18N4S. The number of nitrogens with one attached hydrogen (secondary N) is 2. The molecule has 1 aromatic heterocycles. The number of hydrogen-bond donors (Lipinski definition) is 2. The smallest absolute Gasteiger partial charge is 0.210 e. The Morgan fingerprint density at radius 3 is 2.45 bits per heavy atom. The van der Waals surface area contributed by atoms with Crippen LogP contribution in [0.4, 0.5) is 16.5 Å². The van der Waals surface area contributed by atoms with Crippen molar-refractivity contribution in [2.75, 3.05) is 17.2 Å². The van der Waals surface area contributed by atoms with E-state index in [9.17, 15) is 0 Å². The molecule has 0 unspecified atom stereocenters. The van der Waals surface area contributed by atoms with E-state index < -0.39 is 0 Å². The highest BCUT2D eigenvalue weighted by Crippen LogP contribution is 2.20. The Morgan fingerprint density at radius 2 is 1.68 bits per heavy atom. The molecule has 0 saturated heterocycles. The first-order chi connectivity index (χ1) is 10.8. The maximum absolute atomic E-state index is 4.22. The summed E-state index contributed by atoms with van der Waals surface area (Å²) in [6.45, 7) is 2.94. The molecule has 112 valence electrons. The zero-order valence-electron chi connectivity index (χ0n) is 12.4. The van der Waals surface area contributed by atoms with Crippen molar-refractivity contribution >= 4 is 27.8 Å². The van der Waals surface area contributed by atoms with Crippen LogP contribution in [-0.4, -0.2) is 16.7 Å². The van der Waals surface area contributed by atoms with Gasteiger partial charge in [0.25, 0.3) is 0 Å². The topological polar surface area (TPSA) is 49.8 Å². The first-order valence-corrected chi connectivity index (χ1v) is 8.06. The Hall–Kier alpha value is -2.40. The van der Waals surface area contributed by atoms with Crippen LogP contribution in [0.2, 0.25) is 0 Å². The van der Waals surface area contributed by atoms with Gasteiger partial charge < -0.3 is 10.6 Å². The summed E-state index contributed by atoms with van der Waals surface area (Å²) < 4.78 is 0. The predicted molar refractivity (Wildman–Crippen MR) is 93.0 cm³/mol. The summed E-state index contributed by atoms with van der Waals surface area (Å²) in [7, 11) is 0. The second-order valence-corrected chi connectivity index (χ2v) is 6.10. The van der Waals surface area contributed by atoms with Gasteiger partial charge in [-0.25, -0.2) is 0 Å². The largest absolute Gasteiger partial charge is 0.385 e. The van der Waals surface area contributed by atoms with Gasteiger partial charge in [-0.2, -0.15) is 0 Å². The Bertz CT molecular complexity index is 707. The van der Waals surface area contributed by atoms with Crippen molar-refractivity contribution in [1.29, 1.82) is 0 Å². The van der Waals surface area contributed by atoms with Crippen LogP contribution in [0.15, 0.2) is 54.6 Å². The minimum Gasteiger partial charge on any atom is -0.385 e. The summed E-state index contributed by atoms with van der Waals surface area (Å²) >= 11 is 1.59. The van der Waals surface area contributed by atoms with E-state index in [0.717, 1.165) is 34.5 Å². The maximum atomic E-state index is 4.22. The molecule has 0 amide bonds. The van der Waals surface area contributed by atoms with Crippen LogP contribution in [0, 0.1) is 6.92 Å². The Labute approximate surface area is 134 Å². The van der Waals surface area contributed by atoms with E-state index in [1.54, 1.807) is 11.3 Å². The third-order valence-electron chi connectivity index (χ3n) is 3.21. The molecule has 0 bridgehead atoms. The monoisotopic (exact) mass is 310 g/mol. The lowest BCUT2D eigenvalue weighted by Crippen LogP contribution is -2.04. The molecule has 2 N–H and O–H groups in total. The minimum absolute atomic E-state index is 0.830. The summed E-state index contributed by atoms with van der Waals surface area (Å²) in [5.41, 5.74) is 3.44. The van der Waals surface area contributed by atoms with Crippen LogP contribution in [0.3, 0.4) is 0 Å². The van der Waals surface area contributed by atoms with Gasteiger partial charge in [0.1, 0.15) is 5.01 Å². The molecule has 0 radical (unpaired) electrons. The number of aromatic nitrogens is 2. The fourth-order valence-electron chi connectivity index (χ4n) is 2.04. The molecule has 0 aliphatic carbocycles. The second-order valence-electron chi connectivity index (χ2n) is 5.03. The van der Waals surface area contributed by atoms with Crippen LogP contribution >= 0.6 is 11.3 Å². The minimum atomic E-state index is 0.830. The predicted octanol–water partition coefficient (Wildman–Crippen LogP) is 4.24. The first-order valence-electron chi connectivity index (χ1n) is 7.24. The molecule has 2 aromatic carbocycles. The van der Waals surface area contributed by atoms with Gasteiger partial charge in [-0.3, -0.25) is 0 Å². The lowest BCUT2D eigenvalue weighted by Gasteiger charge is -2.04. The molecule has 3 rings (SSSR count). The molecule has 22 heavy (non-hydrogen) atoms. The third-order valence-corrected chi connectivity index (χ3v) is 4.11. The number of hydrogen-bond acceptors (Lipinski definition) is 5. The zero-order valence-corrected chi connectivity index (χ0v) is 13.2. The Balaban J connectivity index is 1.50. The fraction of sp³-hybridized carbons (Fsp3) is 0.176. The zero-order chi connectivity index (χ0) is 15.2. The van der Waals surface area contributed by atoms with E-state index in [0.29, 0.717) is 0 Å². The average Bonchev–Trinajstić information content (AvgIpc) is 2.98. The fourth-order valence-corrected chi connectivity index (χ4v) is 2.79. The highest BCUT2D eigenvalue weighted by atomic mass is 32.1. The quantitative estimate of drug-likeness (QED) is 0.715. The van der Waals surface area contributed by atoms with E-state index in [1.165, 1.54) is 5.56 Å². The molecule has 0 atom stereocenters. The standard InChI is InChI=1S/C17H18N4S/c1-13-7-9-14(10-8-13)18-12-11-16-20-21-17(22-16)19-15-5-3-2-4-6-15/h2-10,18H,11-12H2,1H3,(H,19,21). The number of nitrogens with zero attached hydrogens (tertiary/aromatic N) is 2. The second kappa shape index (κ2) is 7.04. The van der Waals surface area contributed by atoms with E-state index >= 15 is 0 Å². The lowest BCUT2D eigenvalue weighted by molar-refractivity contribution is 0.942. The summed E-state index contributed by atoms with van der Waals surface area (Å²) in [5.74, 6) is 0. The highest BCUT2D eigenvalue weighted by molar-refractivity contribution is 7.15. The number of aryl methyl sites for hydroxylation is 1.